The van der Waals surface area contributed by atoms with Crippen molar-refractivity contribution in [1.29, 1.82) is 0 Å². The first kappa shape index (κ1) is 11.9. The zero-order valence-electron chi connectivity index (χ0n) is 9.31. The molecule has 0 radical (unpaired) electrons. The Labute approximate surface area is 108 Å². The van der Waals surface area contributed by atoms with E-state index in [0.717, 1.165) is 16.5 Å². The molecule has 0 aliphatic rings. The van der Waals surface area contributed by atoms with Gasteiger partial charge in [0, 0.05) is 10.0 Å². The Bertz CT molecular complexity index is 532. The molecule has 0 amide bonds. The first-order valence-corrected chi connectivity index (χ1v) is 5.97. The number of hydrogen-bond acceptors (Lipinski definition) is 2. The lowest BCUT2D eigenvalue weighted by molar-refractivity contribution is 0.112. The van der Waals surface area contributed by atoms with Gasteiger partial charge >= 0.3 is 0 Å². The van der Waals surface area contributed by atoms with Gasteiger partial charge in [-0.1, -0.05) is 33.6 Å². The number of carbonyl (C=O) groups excluding carboxylic acids is 1. The van der Waals surface area contributed by atoms with Gasteiger partial charge in [0.2, 0.25) is 0 Å². The summed E-state index contributed by atoms with van der Waals surface area (Å²) in [7, 11) is 0. The standard InChI is InChI=1S/C14H11BrO2/c1-10-2-4-12(5-3-10)17-13-6-7-14(15)11(8-13)9-16/h2-9H,1H3. The third-order valence-corrected chi connectivity index (χ3v) is 3.07. The molecule has 0 unspecified atom stereocenters. The average Bonchev–Trinajstić information content (AvgIpc) is 2.34. The van der Waals surface area contributed by atoms with Crippen LogP contribution in [0.4, 0.5) is 0 Å². The number of aldehydes is 1. The van der Waals surface area contributed by atoms with E-state index in [1.54, 1.807) is 12.1 Å². The molecule has 0 N–H and O–H groups in total. The minimum Gasteiger partial charge on any atom is -0.457 e. The van der Waals surface area contributed by atoms with Gasteiger partial charge in [0.1, 0.15) is 11.5 Å². The number of carbonyl (C=O) groups is 1. The summed E-state index contributed by atoms with van der Waals surface area (Å²) in [5.74, 6) is 1.41. The summed E-state index contributed by atoms with van der Waals surface area (Å²) in [6, 6.07) is 13.1. The summed E-state index contributed by atoms with van der Waals surface area (Å²) in [6.07, 6.45) is 0.798. The van der Waals surface area contributed by atoms with E-state index < -0.39 is 0 Å². The molecule has 0 fully saturated rings. The lowest BCUT2D eigenvalue weighted by Gasteiger charge is -2.07. The second-order valence-corrected chi connectivity index (χ2v) is 4.57. The highest BCUT2D eigenvalue weighted by Gasteiger charge is 2.02. The minimum absolute atomic E-state index is 0.578. The molecule has 0 saturated carbocycles. The van der Waals surface area contributed by atoms with Crippen molar-refractivity contribution in [1.82, 2.24) is 0 Å². The average molecular weight is 291 g/mol. The van der Waals surface area contributed by atoms with Crippen LogP contribution in [0.5, 0.6) is 11.5 Å². The zero-order chi connectivity index (χ0) is 12.3. The fourth-order valence-corrected chi connectivity index (χ4v) is 1.76. The molecule has 0 aliphatic heterocycles. The van der Waals surface area contributed by atoms with Crippen molar-refractivity contribution in [2.45, 2.75) is 6.92 Å². The van der Waals surface area contributed by atoms with Crippen molar-refractivity contribution < 1.29 is 9.53 Å². The lowest BCUT2D eigenvalue weighted by atomic mass is 10.2. The van der Waals surface area contributed by atoms with Crippen molar-refractivity contribution in [3.8, 4) is 11.5 Å². The molecular weight excluding hydrogens is 280 g/mol. The second kappa shape index (κ2) is 5.15. The molecule has 17 heavy (non-hydrogen) atoms. The number of aryl methyl sites for hydroxylation is 1. The van der Waals surface area contributed by atoms with Gasteiger partial charge in [-0.3, -0.25) is 4.79 Å². The Hall–Kier alpha value is -1.61. The third-order valence-electron chi connectivity index (χ3n) is 2.35. The summed E-state index contributed by atoms with van der Waals surface area (Å²) < 4.78 is 6.42. The van der Waals surface area contributed by atoms with Crippen molar-refractivity contribution in [2.75, 3.05) is 0 Å². The first-order valence-electron chi connectivity index (χ1n) is 5.18. The third kappa shape index (κ3) is 2.94. The largest absolute Gasteiger partial charge is 0.457 e. The molecule has 0 heterocycles. The summed E-state index contributed by atoms with van der Waals surface area (Å²) >= 11 is 3.30. The Morgan fingerprint density at radius 1 is 1.06 bits per heavy atom. The van der Waals surface area contributed by atoms with Crippen LogP contribution in [-0.4, -0.2) is 6.29 Å². The molecule has 86 valence electrons. The smallest absolute Gasteiger partial charge is 0.151 e. The van der Waals surface area contributed by atoms with Crippen LogP contribution in [0.2, 0.25) is 0 Å². The highest BCUT2D eigenvalue weighted by molar-refractivity contribution is 9.10. The number of hydrogen-bond donors (Lipinski definition) is 0. The van der Waals surface area contributed by atoms with Crippen molar-refractivity contribution in [3.05, 3.63) is 58.1 Å². The molecule has 2 nitrogen and oxygen atoms in total. The molecule has 0 saturated heterocycles. The monoisotopic (exact) mass is 290 g/mol. The van der Waals surface area contributed by atoms with Gasteiger partial charge < -0.3 is 4.74 Å². The predicted octanol–water partition coefficient (Wildman–Crippen LogP) is 4.36. The van der Waals surface area contributed by atoms with E-state index in [0.29, 0.717) is 11.3 Å². The SMILES string of the molecule is Cc1ccc(Oc2ccc(Br)c(C=O)c2)cc1. The van der Waals surface area contributed by atoms with Crippen LogP contribution in [0, 0.1) is 6.92 Å². The highest BCUT2D eigenvalue weighted by atomic mass is 79.9. The van der Waals surface area contributed by atoms with Crippen LogP contribution in [-0.2, 0) is 0 Å². The van der Waals surface area contributed by atoms with E-state index in [-0.39, 0.29) is 0 Å². The van der Waals surface area contributed by atoms with Crippen LogP contribution in [0.15, 0.2) is 46.9 Å². The zero-order valence-corrected chi connectivity index (χ0v) is 10.9. The molecule has 0 spiro atoms. The fraction of sp³-hybridized carbons (Fsp3) is 0.0714. The Morgan fingerprint density at radius 3 is 2.35 bits per heavy atom. The van der Waals surface area contributed by atoms with Crippen LogP contribution >= 0.6 is 15.9 Å². The second-order valence-electron chi connectivity index (χ2n) is 3.72. The van der Waals surface area contributed by atoms with E-state index in [1.165, 1.54) is 5.56 Å². The lowest BCUT2D eigenvalue weighted by Crippen LogP contribution is -1.87. The van der Waals surface area contributed by atoms with Crippen LogP contribution in [0.1, 0.15) is 15.9 Å². The molecule has 3 heteroatoms. The number of ether oxygens (including phenoxy) is 1. The summed E-state index contributed by atoms with van der Waals surface area (Å²) in [5.41, 5.74) is 1.76. The van der Waals surface area contributed by atoms with Crippen molar-refractivity contribution in [3.63, 3.8) is 0 Å². The quantitative estimate of drug-likeness (QED) is 0.785. The van der Waals surface area contributed by atoms with Gasteiger partial charge in [0.05, 0.1) is 0 Å². The molecular formula is C14H11BrO2. The van der Waals surface area contributed by atoms with Crippen molar-refractivity contribution in [2.24, 2.45) is 0 Å². The van der Waals surface area contributed by atoms with E-state index >= 15 is 0 Å². The maximum absolute atomic E-state index is 10.8. The molecule has 2 aromatic rings. The van der Waals surface area contributed by atoms with Crippen LogP contribution < -0.4 is 4.74 Å². The highest BCUT2D eigenvalue weighted by Crippen LogP contribution is 2.25. The maximum Gasteiger partial charge on any atom is 0.151 e. The predicted molar refractivity (Wildman–Crippen MR) is 70.8 cm³/mol. The van der Waals surface area contributed by atoms with E-state index in [2.05, 4.69) is 15.9 Å². The summed E-state index contributed by atoms with van der Waals surface area (Å²) in [5, 5.41) is 0. The molecule has 0 bridgehead atoms. The molecule has 2 rings (SSSR count). The van der Waals surface area contributed by atoms with Gasteiger partial charge in [-0.2, -0.15) is 0 Å². The molecule has 0 aromatic heterocycles. The van der Waals surface area contributed by atoms with Gasteiger partial charge in [0.25, 0.3) is 0 Å². The fourth-order valence-electron chi connectivity index (χ4n) is 1.42. The Morgan fingerprint density at radius 2 is 1.71 bits per heavy atom. The van der Waals surface area contributed by atoms with Crippen LogP contribution in [0.3, 0.4) is 0 Å². The summed E-state index contributed by atoms with van der Waals surface area (Å²) in [4.78, 5) is 10.8. The molecule has 0 atom stereocenters. The molecule has 0 aliphatic carbocycles. The Kier molecular flexibility index (Phi) is 3.59. The van der Waals surface area contributed by atoms with Gasteiger partial charge in [-0.15, -0.1) is 0 Å². The number of halogens is 1. The minimum atomic E-state index is 0.578. The number of benzene rings is 2. The van der Waals surface area contributed by atoms with Gasteiger partial charge in [-0.25, -0.2) is 0 Å². The Balaban J connectivity index is 2.24. The first-order chi connectivity index (χ1) is 8.19. The van der Waals surface area contributed by atoms with Crippen LogP contribution in [0.25, 0.3) is 0 Å². The van der Waals surface area contributed by atoms with Gasteiger partial charge in [-0.05, 0) is 37.3 Å². The number of rotatable bonds is 3. The van der Waals surface area contributed by atoms with Crippen molar-refractivity contribution >= 4 is 22.2 Å². The normalized spacial score (nSPS) is 10.0. The maximum atomic E-state index is 10.8. The van der Waals surface area contributed by atoms with E-state index in [4.69, 9.17) is 4.74 Å². The van der Waals surface area contributed by atoms with E-state index in [1.807, 2.05) is 37.3 Å². The molecule has 2 aromatic carbocycles. The topological polar surface area (TPSA) is 26.3 Å². The summed E-state index contributed by atoms with van der Waals surface area (Å²) in [6.45, 7) is 2.02. The van der Waals surface area contributed by atoms with E-state index in [9.17, 15) is 4.79 Å². The van der Waals surface area contributed by atoms with Gasteiger partial charge in [0.15, 0.2) is 6.29 Å².